The Balaban J connectivity index is 2.22. The number of ether oxygens (including phenoxy) is 3. The normalized spacial score (nSPS) is 20.2. The topological polar surface area (TPSA) is 57.2 Å². The Morgan fingerprint density at radius 2 is 1.65 bits per heavy atom. The Kier molecular flexibility index (Phi) is 7.04. The highest BCUT2D eigenvalue weighted by Gasteiger charge is 2.46. The summed E-state index contributed by atoms with van der Waals surface area (Å²) in [5.41, 5.74) is 1.39. The van der Waals surface area contributed by atoms with Gasteiger partial charge in [0.25, 0.3) is 0 Å². The first kappa shape index (κ1) is 21.5. The summed E-state index contributed by atoms with van der Waals surface area (Å²) in [7, 11) is -0.486. The molecule has 1 aliphatic rings. The summed E-state index contributed by atoms with van der Waals surface area (Å²) in [5.74, 6) is 1.48. The average Bonchev–Trinajstić information content (AvgIpc) is 2.54. The molecule has 0 spiro atoms. The second-order valence-corrected chi connectivity index (χ2v) is 14.1. The van der Waals surface area contributed by atoms with E-state index >= 15 is 0 Å². The number of fused-ring (bicyclic) bond motifs is 1. The summed E-state index contributed by atoms with van der Waals surface area (Å²) in [6.07, 6.45) is -1.68. The van der Waals surface area contributed by atoms with Gasteiger partial charge in [0, 0.05) is 4.47 Å². The van der Waals surface area contributed by atoms with Crippen molar-refractivity contribution in [2.45, 2.75) is 70.6 Å². The van der Waals surface area contributed by atoms with Gasteiger partial charge in [-0.3, -0.25) is 0 Å². The number of aliphatic hydroxyl groups is 1. The van der Waals surface area contributed by atoms with Crippen molar-refractivity contribution in [3.05, 3.63) is 16.6 Å². The molecule has 7 heteroatoms. The molecule has 2 rings (SSSR count). The van der Waals surface area contributed by atoms with Crippen LogP contribution < -0.4 is 14.2 Å². The van der Waals surface area contributed by atoms with Crippen molar-refractivity contribution in [3.63, 3.8) is 0 Å². The molecule has 1 unspecified atom stereocenters. The van der Waals surface area contributed by atoms with E-state index in [1.54, 1.807) is 13.2 Å². The number of aliphatic hydroxyl groups excluding tert-OH is 1. The zero-order valence-corrected chi connectivity index (χ0v) is 19.3. The van der Waals surface area contributed by atoms with Gasteiger partial charge >= 0.3 is 0 Å². The Morgan fingerprint density at radius 1 is 1.08 bits per heavy atom. The lowest BCUT2D eigenvalue weighted by Crippen LogP contribution is -2.52. The van der Waals surface area contributed by atoms with E-state index in [-0.39, 0.29) is 0 Å². The molecule has 0 saturated heterocycles. The molecule has 1 aromatic rings. The van der Waals surface area contributed by atoms with E-state index in [0.717, 1.165) is 4.47 Å². The number of hydrogen-bond acceptors (Lipinski definition) is 5. The summed E-state index contributed by atoms with van der Waals surface area (Å²) in [4.78, 5) is 0. The molecule has 0 aliphatic carbocycles. The van der Waals surface area contributed by atoms with Crippen LogP contribution in [0.25, 0.3) is 0 Å². The lowest BCUT2D eigenvalue weighted by atomic mass is 10.2. The molecule has 1 N–H and O–H groups in total. The minimum atomic E-state index is -2.04. The predicted octanol–water partition coefficient (Wildman–Crippen LogP) is 5.11. The number of rotatable bonds is 7. The third kappa shape index (κ3) is 4.05. The Hall–Kier alpha value is -0.763. The fraction of sp³-hybridized carbons (Fsp3) is 0.684. The van der Waals surface area contributed by atoms with Gasteiger partial charge in [0.15, 0.2) is 17.6 Å². The van der Waals surface area contributed by atoms with Gasteiger partial charge in [-0.2, -0.15) is 0 Å². The monoisotopic (exact) mass is 446 g/mol. The van der Waals surface area contributed by atoms with Crippen molar-refractivity contribution in [2.75, 3.05) is 13.7 Å². The van der Waals surface area contributed by atoms with E-state index in [9.17, 15) is 5.11 Å². The van der Waals surface area contributed by atoms with Crippen LogP contribution in [0.4, 0.5) is 0 Å². The van der Waals surface area contributed by atoms with Gasteiger partial charge in [-0.05, 0) is 28.8 Å². The third-order valence-electron chi connectivity index (χ3n) is 5.25. The van der Waals surface area contributed by atoms with Gasteiger partial charge in [-0.15, -0.1) is 0 Å². The SMILES string of the molecule is COc1cc(Br)cc2c1OC(O)[C@H](CO[Si](C(C)C)(C(C)C)C(C)C)O2. The van der Waals surface area contributed by atoms with E-state index in [4.69, 9.17) is 18.6 Å². The first-order chi connectivity index (χ1) is 12.1. The lowest BCUT2D eigenvalue weighted by molar-refractivity contribution is -0.126. The quantitative estimate of drug-likeness (QED) is 0.589. The van der Waals surface area contributed by atoms with Crippen LogP contribution in [-0.4, -0.2) is 39.5 Å². The molecule has 1 aliphatic heterocycles. The Morgan fingerprint density at radius 3 is 2.15 bits per heavy atom. The molecule has 26 heavy (non-hydrogen) atoms. The van der Waals surface area contributed by atoms with Crippen LogP contribution in [0.15, 0.2) is 16.6 Å². The van der Waals surface area contributed by atoms with E-state index < -0.39 is 20.7 Å². The smallest absolute Gasteiger partial charge is 0.237 e. The van der Waals surface area contributed by atoms with Gasteiger partial charge in [-0.1, -0.05) is 57.5 Å². The van der Waals surface area contributed by atoms with Gasteiger partial charge < -0.3 is 23.7 Å². The van der Waals surface area contributed by atoms with E-state index in [2.05, 4.69) is 57.5 Å². The van der Waals surface area contributed by atoms with Crippen LogP contribution in [0, 0.1) is 0 Å². The predicted molar refractivity (Wildman–Crippen MR) is 109 cm³/mol. The van der Waals surface area contributed by atoms with Crippen molar-refractivity contribution < 1.29 is 23.7 Å². The van der Waals surface area contributed by atoms with Crippen LogP contribution >= 0.6 is 15.9 Å². The Bertz CT molecular complexity index is 598. The number of halogens is 1. The molecule has 148 valence electrons. The fourth-order valence-electron chi connectivity index (χ4n) is 4.16. The molecule has 1 aromatic carbocycles. The second-order valence-electron chi connectivity index (χ2n) is 7.73. The molecule has 0 radical (unpaired) electrons. The fourth-order valence-corrected chi connectivity index (χ4v) is 10.0. The van der Waals surface area contributed by atoms with Crippen molar-refractivity contribution >= 4 is 24.2 Å². The Labute approximate surface area is 166 Å². The molecule has 0 bridgehead atoms. The van der Waals surface area contributed by atoms with E-state index in [1.165, 1.54) is 0 Å². The van der Waals surface area contributed by atoms with E-state index in [0.29, 0.717) is 40.5 Å². The standard InChI is InChI=1S/C19H31BrO5Si/c1-11(2)26(12(3)4,13(5)6)23-10-17-19(21)25-18-15(22-7)8-14(20)9-16(18)24-17/h8-9,11-13,17,19,21H,10H2,1-7H3/t17-,19?/m0/s1. The van der Waals surface area contributed by atoms with Gasteiger partial charge in [0.1, 0.15) is 0 Å². The maximum Gasteiger partial charge on any atom is 0.237 e. The van der Waals surface area contributed by atoms with Crippen LogP contribution in [0.5, 0.6) is 17.2 Å². The third-order valence-corrected chi connectivity index (χ3v) is 11.8. The first-order valence-electron chi connectivity index (χ1n) is 9.16. The zero-order chi connectivity index (χ0) is 19.6. The minimum Gasteiger partial charge on any atom is -0.493 e. The van der Waals surface area contributed by atoms with E-state index in [1.807, 2.05) is 6.07 Å². The maximum atomic E-state index is 10.4. The van der Waals surface area contributed by atoms with Crippen LogP contribution in [-0.2, 0) is 4.43 Å². The first-order valence-corrected chi connectivity index (χ1v) is 12.1. The van der Waals surface area contributed by atoms with Crippen molar-refractivity contribution in [1.29, 1.82) is 0 Å². The van der Waals surface area contributed by atoms with Crippen LogP contribution in [0.2, 0.25) is 16.6 Å². The number of benzene rings is 1. The highest BCUT2D eigenvalue weighted by atomic mass is 79.9. The average molecular weight is 447 g/mol. The van der Waals surface area contributed by atoms with Crippen molar-refractivity contribution in [3.8, 4) is 17.2 Å². The minimum absolute atomic E-state index is 0.302. The molecule has 5 nitrogen and oxygen atoms in total. The molecule has 0 fully saturated rings. The maximum absolute atomic E-state index is 10.4. The molecule has 0 amide bonds. The van der Waals surface area contributed by atoms with Crippen molar-refractivity contribution in [1.82, 2.24) is 0 Å². The largest absolute Gasteiger partial charge is 0.493 e. The van der Waals surface area contributed by atoms with Gasteiger partial charge in [-0.25, -0.2) is 0 Å². The highest BCUT2D eigenvalue weighted by molar-refractivity contribution is 9.10. The van der Waals surface area contributed by atoms with Gasteiger partial charge in [0.2, 0.25) is 20.4 Å². The zero-order valence-electron chi connectivity index (χ0n) is 16.7. The number of methoxy groups -OCH3 is 1. The summed E-state index contributed by atoms with van der Waals surface area (Å²) >= 11 is 3.44. The van der Waals surface area contributed by atoms with Crippen LogP contribution in [0.3, 0.4) is 0 Å². The lowest BCUT2D eigenvalue weighted by Gasteiger charge is -2.43. The molecular formula is C19H31BrO5Si. The summed E-state index contributed by atoms with van der Waals surface area (Å²) in [6.45, 7) is 13.7. The second kappa shape index (κ2) is 8.50. The number of hydrogen-bond donors (Lipinski definition) is 1. The van der Waals surface area contributed by atoms with Crippen LogP contribution in [0.1, 0.15) is 41.5 Å². The highest BCUT2D eigenvalue weighted by Crippen LogP contribution is 2.45. The molecule has 2 atom stereocenters. The summed E-state index contributed by atoms with van der Waals surface area (Å²) in [5, 5.41) is 10.4. The van der Waals surface area contributed by atoms with Crippen molar-refractivity contribution in [2.24, 2.45) is 0 Å². The summed E-state index contributed by atoms with van der Waals surface area (Å²) in [6, 6.07) is 3.59. The molecule has 1 heterocycles. The van der Waals surface area contributed by atoms with Gasteiger partial charge in [0.05, 0.1) is 13.7 Å². The summed E-state index contributed by atoms with van der Waals surface area (Å²) < 4.78 is 24.4. The molecule has 0 saturated carbocycles. The molecule has 0 aromatic heterocycles. The molecular weight excluding hydrogens is 416 g/mol.